The normalized spacial score (nSPS) is 10.5. The van der Waals surface area contributed by atoms with Crippen molar-refractivity contribution >= 4 is 6.29 Å². The average Bonchev–Trinajstić information content (AvgIpc) is 2.09. The second kappa shape index (κ2) is 8.31. The molecule has 0 aliphatic heterocycles. The van der Waals surface area contributed by atoms with Gasteiger partial charge < -0.3 is 4.90 Å². The van der Waals surface area contributed by atoms with Crippen molar-refractivity contribution in [3.8, 4) is 0 Å². The first-order valence-electron chi connectivity index (χ1n) is 4.63. The molecule has 0 radical (unpaired) electrons. The Hall–Kier alpha value is -0.790. The number of carbonyl (C=O) groups excluding carboxylic acids is 1. The maximum atomic E-state index is 9.97. The van der Waals surface area contributed by atoms with E-state index in [2.05, 4.69) is 6.92 Å². The smallest absolute Gasteiger partial charge is 0.144 e. The molecule has 0 aliphatic carbocycles. The van der Waals surface area contributed by atoms with Crippen LogP contribution in [0.1, 0.15) is 32.6 Å². The number of unbranched alkanes of at least 4 members (excludes halogenated alkanes) is 3. The maximum absolute atomic E-state index is 9.97. The van der Waals surface area contributed by atoms with E-state index in [9.17, 15) is 4.79 Å². The van der Waals surface area contributed by atoms with Gasteiger partial charge >= 0.3 is 0 Å². The molecular weight excluding hydrogens is 150 g/mol. The monoisotopic (exact) mass is 169 g/mol. The minimum Gasteiger partial charge on any atom is -0.380 e. The highest BCUT2D eigenvalue weighted by Crippen LogP contribution is 1.99. The van der Waals surface area contributed by atoms with E-state index in [-0.39, 0.29) is 0 Å². The highest BCUT2D eigenvalue weighted by Gasteiger charge is 1.90. The fraction of sp³-hybridized carbons (Fsp3) is 0.700. The lowest BCUT2D eigenvalue weighted by Gasteiger charge is -2.12. The van der Waals surface area contributed by atoms with E-state index in [4.69, 9.17) is 0 Å². The molecule has 0 aromatic carbocycles. The molecule has 0 rings (SSSR count). The van der Waals surface area contributed by atoms with E-state index in [0.717, 1.165) is 12.8 Å². The van der Waals surface area contributed by atoms with Gasteiger partial charge in [-0.3, -0.25) is 4.79 Å². The summed E-state index contributed by atoms with van der Waals surface area (Å²) in [6.45, 7) is 3.25. The highest BCUT2D eigenvalue weighted by atomic mass is 16.1. The lowest BCUT2D eigenvalue weighted by molar-refractivity contribution is -0.104. The van der Waals surface area contributed by atoms with Crippen molar-refractivity contribution in [1.29, 1.82) is 0 Å². The van der Waals surface area contributed by atoms with Crippen molar-refractivity contribution < 1.29 is 4.79 Å². The van der Waals surface area contributed by atoms with E-state index in [0.29, 0.717) is 0 Å². The number of nitrogens with zero attached hydrogens (tertiary/aromatic N) is 1. The van der Waals surface area contributed by atoms with Gasteiger partial charge in [-0.2, -0.15) is 0 Å². The fourth-order valence-electron chi connectivity index (χ4n) is 1.04. The lowest BCUT2D eigenvalue weighted by Crippen LogP contribution is -2.11. The highest BCUT2D eigenvalue weighted by molar-refractivity contribution is 5.64. The van der Waals surface area contributed by atoms with Crippen molar-refractivity contribution in [2.24, 2.45) is 0 Å². The molecule has 2 nitrogen and oxygen atoms in total. The number of hydrogen-bond acceptors (Lipinski definition) is 2. The van der Waals surface area contributed by atoms with Crippen LogP contribution in [0.3, 0.4) is 0 Å². The van der Waals surface area contributed by atoms with Gasteiger partial charge in [0.25, 0.3) is 0 Å². The summed E-state index contributed by atoms with van der Waals surface area (Å²) >= 11 is 0. The zero-order valence-electron chi connectivity index (χ0n) is 8.12. The zero-order chi connectivity index (χ0) is 9.23. The third-order valence-corrected chi connectivity index (χ3v) is 1.78. The SMILES string of the molecule is CCCCCCN(C)C=CC=O. The van der Waals surface area contributed by atoms with Crippen LogP contribution in [-0.4, -0.2) is 24.8 Å². The zero-order valence-corrected chi connectivity index (χ0v) is 8.12. The topological polar surface area (TPSA) is 20.3 Å². The molecule has 0 bridgehead atoms. The molecule has 0 aliphatic rings. The summed E-state index contributed by atoms with van der Waals surface area (Å²) in [7, 11) is 1.99. The molecule has 70 valence electrons. The number of rotatable bonds is 7. The first-order chi connectivity index (χ1) is 5.81. The second-order valence-electron chi connectivity index (χ2n) is 3.02. The van der Waals surface area contributed by atoms with Crippen LogP contribution >= 0.6 is 0 Å². The van der Waals surface area contributed by atoms with Crippen LogP contribution in [0.5, 0.6) is 0 Å². The molecule has 12 heavy (non-hydrogen) atoms. The van der Waals surface area contributed by atoms with Crippen molar-refractivity contribution in [2.75, 3.05) is 13.6 Å². The molecule has 2 heteroatoms. The molecule has 0 heterocycles. The Kier molecular flexibility index (Phi) is 7.76. The van der Waals surface area contributed by atoms with Crippen LogP contribution in [-0.2, 0) is 4.79 Å². The predicted molar refractivity (Wildman–Crippen MR) is 52.0 cm³/mol. The standard InChI is InChI=1S/C10H19NO/c1-3-4-5-6-8-11(2)9-7-10-12/h7,9-10H,3-6,8H2,1-2H3. The summed E-state index contributed by atoms with van der Waals surface area (Å²) in [4.78, 5) is 12.0. The number of hydrogen-bond donors (Lipinski definition) is 0. The average molecular weight is 169 g/mol. The summed E-state index contributed by atoms with van der Waals surface area (Å²) in [5, 5.41) is 0. The fourth-order valence-corrected chi connectivity index (χ4v) is 1.04. The number of carbonyl (C=O) groups is 1. The quantitative estimate of drug-likeness (QED) is 0.331. The van der Waals surface area contributed by atoms with Gasteiger partial charge in [0, 0.05) is 19.8 Å². The molecule has 0 amide bonds. The summed E-state index contributed by atoms with van der Waals surface area (Å²) in [5.41, 5.74) is 0. The molecule has 0 saturated heterocycles. The Bertz CT molecular complexity index is 132. The van der Waals surface area contributed by atoms with Gasteiger partial charge in [-0.15, -0.1) is 0 Å². The van der Waals surface area contributed by atoms with Crippen LogP contribution in [0.25, 0.3) is 0 Å². The Balaban J connectivity index is 3.24. The van der Waals surface area contributed by atoms with Gasteiger partial charge in [-0.25, -0.2) is 0 Å². The molecule has 0 aromatic rings. The van der Waals surface area contributed by atoms with Crippen LogP contribution in [0, 0.1) is 0 Å². The van der Waals surface area contributed by atoms with Crippen molar-refractivity contribution in [3.63, 3.8) is 0 Å². The Labute approximate surface area is 75.3 Å². The van der Waals surface area contributed by atoms with Gasteiger partial charge in [0.1, 0.15) is 6.29 Å². The summed E-state index contributed by atoms with van der Waals surface area (Å²) < 4.78 is 0. The summed E-state index contributed by atoms with van der Waals surface area (Å²) in [6.07, 6.45) is 9.24. The minimum atomic E-state index is 0.808. The molecule has 0 aromatic heterocycles. The van der Waals surface area contributed by atoms with Crippen LogP contribution in [0.2, 0.25) is 0 Å². The van der Waals surface area contributed by atoms with Gasteiger partial charge in [0.2, 0.25) is 0 Å². The van der Waals surface area contributed by atoms with Crippen LogP contribution in [0.15, 0.2) is 12.3 Å². The van der Waals surface area contributed by atoms with Crippen LogP contribution < -0.4 is 0 Å². The van der Waals surface area contributed by atoms with Crippen LogP contribution in [0.4, 0.5) is 0 Å². The molecule has 0 saturated carbocycles. The minimum absolute atomic E-state index is 0.808. The molecule has 0 N–H and O–H groups in total. The second-order valence-corrected chi connectivity index (χ2v) is 3.02. The van der Waals surface area contributed by atoms with E-state index >= 15 is 0 Å². The van der Waals surface area contributed by atoms with E-state index in [1.807, 2.05) is 18.1 Å². The Morgan fingerprint density at radius 1 is 1.25 bits per heavy atom. The summed E-state index contributed by atoms with van der Waals surface area (Å²) in [5.74, 6) is 0. The molecule has 0 spiro atoms. The molecular formula is C10H19NO. The van der Waals surface area contributed by atoms with Gasteiger partial charge in [-0.1, -0.05) is 26.2 Å². The largest absolute Gasteiger partial charge is 0.380 e. The Morgan fingerprint density at radius 3 is 2.58 bits per heavy atom. The number of aldehydes is 1. The van der Waals surface area contributed by atoms with E-state index in [1.165, 1.54) is 31.8 Å². The molecule has 0 atom stereocenters. The third-order valence-electron chi connectivity index (χ3n) is 1.78. The third kappa shape index (κ3) is 7.32. The van der Waals surface area contributed by atoms with E-state index in [1.54, 1.807) is 0 Å². The van der Waals surface area contributed by atoms with Crippen molar-refractivity contribution in [2.45, 2.75) is 32.6 Å². The van der Waals surface area contributed by atoms with Gasteiger partial charge in [0.15, 0.2) is 0 Å². The first-order valence-corrected chi connectivity index (χ1v) is 4.63. The summed E-state index contributed by atoms with van der Waals surface area (Å²) in [6, 6.07) is 0. The molecule has 0 unspecified atom stereocenters. The van der Waals surface area contributed by atoms with E-state index < -0.39 is 0 Å². The van der Waals surface area contributed by atoms with Crippen molar-refractivity contribution in [3.05, 3.63) is 12.3 Å². The first kappa shape index (κ1) is 11.2. The Morgan fingerprint density at radius 2 is 2.00 bits per heavy atom. The number of allylic oxidation sites excluding steroid dienone is 1. The predicted octanol–water partition coefficient (Wildman–Crippen LogP) is 2.21. The lowest BCUT2D eigenvalue weighted by atomic mass is 10.2. The van der Waals surface area contributed by atoms with Crippen molar-refractivity contribution in [1.82, 2.24) is 4.90 Å². The van der Waals surface area contributed by atoms with Gasteiger partial charge in [0.05, 0.1) is 0 Å². The molecule has 0 fully saturated rings. The maximum Gasteiger partial charge on any atom is 0.144 e. The van der Waals surface area contributed by atoms with Gasteiger partial charge in [-0.05, 0) is 12.5 Å².